The molecule has 182 valence electrons. The Bertz CT molecular complexity index is 1190. The number of amides is 3. The van der Waals surface area contributed by atoms with Crippen LogP contribution in [0.15, 0.2) is 53.1 Å². The van der Waals surface area contributed by atoms with Crippen molar-refractivity contribution in [1.82, 2.24) is 15.4 Å². The van der Waals surface area contributed by atoms with Crippen molar-refractivity contribution in [2.24, 2.45) is 11.8 Å². The zero-order chi connectivity index (χ0) is 24.2. The van der Waals surface area contributed by atoms with Crippen molar-refractivity contribution >= 4 is 23.5 Å². The van der Waals surface area contributed by atoms with E-state index in [1.54, 1.807) is 17.9 Å². The number of rotatable bonds is 6. The van der Waals surface area contributed by atoms with E-state index in [1.807, 2.05) is 42.5 Å². The Balaban J connectivity index is 1.29. The molecule has 1 aromatic heterocycles. The van der Waals surface area contributed by atoms with Gasteiger partial charge in [0.15, 0.2) is 5.82 Å². The average Bonchev–Trinajstić information content (AvgIpc) is 3.66. The number of likely N-dealkylation sites (tertiary alicyclic amines) is 1. The highest BCUT2D eigenvalue weighted by molar-refractivity contribution is 6.00. The van der Waals surface area contributed by atoms with Gasteiger partial charge in [0.1, 0.15) is 17.4 Å². The lowest BCUT2D eigenvalue weighted by Gasteiger charge is -2.30. The highest BCUT2D eigenvalue weighted by atomic mass is 16.5. The van der Waals surface area contributed by atoms with Gasteiger partial charge >= 0.3 is 0 Å². The van der Waals surface area contributed by atoms with E-state index in [0.717, 1.165) is 31.2 Å². The van der Waals surface area contributed by atoms with E-state index in [-0.39, 0.29) is 30.3 Å². The van der Waals surface area contributed by atoms with Gasteiger partial charge in [-0.05, 0) is 25.3 Å². The van der Waals surface area contributed by atoms with Crippen molar-refractivity contribution in [1.29, 1.82) is 0 Å². The topological polar surface area (TPSA) is 114 Å². The summed E-state index contributed by atoms with van der Waals surface area (Å²) in [5.41, 5.74) is -0.185. The van der Waals surface area contributed by atoms with E-state index in [1.165, 1.54) is 0 Å². The van der Waals surface area contributed by atoms with Crippen LogP contribution in [0.5, 0.6) is 0 Å². The predicted octanol–water partition coefficient (Wildman–Crippen LogP) is 2.50. The number of nitrogens with zero attached hydrogens (tertiary/aromatic N) is 2. The molecule has 3 fully saturated rings. The fourth-order valence-electron chi connectivity index (χ4n) is 6.14. The zero-order valence-corrected chi connectivity index (χ0v) is 19.5. The van der Waals surface area contributed by atoms with Crippen LogP contribution in [0.2, 0.25) is 0 Å². The van der Waals surface area contributed by atoms with Crippen molar-refractivity contribution in [3.8, 4) is 0 Å². The lowest BCUT2D eigenvalue weighted by molar-refractivity contribution is -0.142. The minimum absolute atomic E-state index is 0.125. The number of aromatic nitrogens is 1. The summed E-state index contributed by atoms with van der Waals surface area (Å²) in [6, 6.07) is 10.3. The van der Waals surface area contributed by atoms with Crippen LogP contribution in [-0.2, 0) is 19.1 Å². The molecule has 4 heterocycles. The summed E-state index contributed by atoms with van der Waals surface area (Å²) in [6.45, 7) is 1.95. The lowest BCUT2D eigenvalue weighted by Crippen LogP contribution is -2.46. The molecule has 6 rings (SSSR count). The zero-order valence-electron chi connectivity index (χ0n) is 19.5. The molecule has 9 nitrogen and oxygen atoms in total. The molecule has 1 spiro atoms. The van der Waals surface area contributed by atoms with E-state index in [2.05, 4.69) is 15.8 Å². The summed E-state index contributed by atoms with van der Waals surface area (Å²) in [5.74, 6) is -1.34. The van der Waals surface area contributed by atoms with E-state index < -0.39 is 29.6 Å². The molecule has 3 aliphatic heterocycles. The average molecular weight is 477 g/mol. The lowest BCUT2D eigenvalue weighted by atomic mass is 9.77. The number of hydrogen-bond acceptors (Lipinski definition) is 6. The number of benzene rings is 1. The van der Waals surface area contributed by atoms with Gasteiger partial charge in [-0.15, -0.1) is 0 Å². The van der Waals surface area contributed by atoms with Crippen LogP contribution in [-0.4, -0.2) is 52.1 Å². The molecule has 0 unspecified atom stereocenters. The smallest absolute Gasteiger partial charge is 0.247 e. The third kappa shape index (κ3) is 3.65. The van der Waals surface area contributed by atoms with E-state index in [4.69, 9.17) is 9.26 Å². The molecular weight excluding hydrogens is 448 g/mol. The molecule has 3 amide bonds. The third-order valence-corrected chi connectivity index (χ3v) is 7.69. The number of nitrogens with one attached hydrogen (secondary N) is 2. The van der Waals surface area contributed by atoms with Crippen LogP contribution < -0.4 is 10.6 Å². The van der Waals surface area contributed by atoms with Crippen LogP contribution in [0.3, 0.4) is 0 Å². The third-order valence-electron chi connectivity index (χ3n) is 7.69. The molecule has 2 aromatic rings. The Labute approximate surface area is 202 Å². The summed E-state index contributed by atoms with van der Waals surface area (Å²) in [5, 5.41) is 9.75. The van der Waals surface area contributed by atoms with Crippen molar-refractivity contribution in [2.75, 3.05) is 11.9 Å². The van der Waals surface area contributed by atoms with Gasteiger partial charge in [0.25, 0.3) is 0 Å². The van der Waals surface area contributed by atoms with Crippen molar-refractivity contribution in [3.05, 3.63) is 59.9 Å². The number of aryl methyl sites for hydroxylation is 1. The molecule has 1 aromatic carbocycles. The van der Waals surface area contributed by atoms with Gasteiger partial charge in [0.2, 0.25) is 17.7 Å². The fraction of sp³-hybridized carbons (Fsp3) is 0.462. The van der Waals surface area contributed by atoms with Crippen LogP contribution in [0.1, 0.15) is 43.0 Å². The number of carbonyl (C=O) groups is 3. The second-order valence-corrected chi connectivity index (χ2v) is 9.98. The van der Waals surface area contributed by atoms with Gasteiger partial charge in [-0.1, -0.05) is 60.5 Å². The predicted molar refractivity (Wildman–Crippen MR) is 125 cm³/mol. The monoisotopic (exact) mass is 476 g/mol. The number of ether oxygens (including phenoxy) is 1. The van der Waals surface area contributed by atoms with Crippen molar-refractivity contribution in [3.63, 3.8) is 0 Å². The molecule has 5 atom stereocenters. The number of carbonyl (C=O) groups excluding carboxylic acids is 3. The van der Waals surface area contributed by atoms with Crippen LogP contribution in [0.4, 0.5) is 5.82 Å². The molecule has 9 heteroatoms. The number of hydrogen-bond donors (Lipinski definition) is 2. The van der Waals surface area contributed by atoms with Gasteiger partial charge in [-0.2, -0.15) is 0 Å². The molecule has 4 aliphatic rings. The summed E-state index contributed by atoms with van der Waals surface area (Å²) >= 11 is 0. The maximum Gasteiger partial charge on any atom is 0.247 e. The number of fused-ring (bicyclic) bond motifs is 1. The normalized spacial score (nSPS) is 30.0. The highest BCUT2D eigenvalue weighted by Crippen LogP contribution is 2.53. The largest absolute Gasteiger partial charge is 0.360 e. The first-order chi connectivity index (χ1) is 16.9. The maximum absolute atomic E-state index is 13.9. The van der Waals surface area contributed by atoms with Crippen LogP contribution >= 0.6 is 0 Å². The Morgan fingerprint density at radius 2 is 1.97 bits per heavy atom. The van der Waals surface area contributed by atoms with Crippen molar-refractivity contribution < 1.29 is 23.6 Å². The fourth-order valence-corrected chi connectivity index (χ4v) is 6.14. The minimum Gasteiger partial charge on any atom is -0.360 e. The van der Waals surface area contributed by atoms with Crippen molar-refractivity contribution in [2.45, 2.75) is 56.4 Å². The number of anilines is 1. The molecule has 0 radical (unpaired) electrons. The minimum atomic E-state index is -0.926. The summed E-state index contributed by atoms with van der Waals surface area (Å²) in [4.78, 5) is 42.3. The van der Waals surface area contributed by atoms with Crippen LogP contribution in [0, 0.1) is 18.8 Å². The van der Waals surface area contributed by atoms with E-state index >= 15 is 0 Å². The second kappa shape index (κ2) is 8.34. The summed E-state index contributed by atoms with van der Waals surface area (Å²) < 4.78 is 11.3. The van der Waals surface area contributed by atoms with Gasteiger partial charge in [-0.25, -0.2) is 0 Å². The maximum atomic E-state index is 13.9. The first kappa shape index (κ1) is 22.0. The Hall–Kier alpha value is -3.46. The quantitative estimate of drug-likeness (QED) is 0.620. The molecule has 1 aliphatic carbocycles. The van der Waals surface area contributed by atoms with Gasteiger partial charge in [0.05, 0.1) is 24.5 Å². The molecule has 2 saturated heterocycles. The molecule has 2 bridgehead atoms. The van der Waals surface area contributed by atoms with Gasteiger partial charge in [-0.3, -0.25) is 14.4 Å². The van der Waals surface area contributed by atoms with Crippen LogP contribution in [0.25, 0.3) is 0 Å². The SMILES string of the molecule is Cc1cc(NC(=O)[C@H]2[C@H]3C(=O)N([C@H](C(=O)NC4CCCC4)c4ccccc4)C[C@@]34C=C[C@H]2O4)no1. The first-order valence-corrected chi connectivity index (χ1v) is 12.2. The Kier molecular flexibility index (Phi) is 5.25. The first-order valence-electron chi connectivity index (χ1n) is 12.2. The molecule has 35 heavy (non-hydrogen) atoms. The summed E-state index contributed by atoms with van der Waals surface area (Å²) in [7, 11) is 0. The van der Waals surface area contributed by atoms with Gasteiger partial charge < -0.3 is 24.8 Å². The standard InChI is InChI=1S/C26H28N4O5/c1-15-13-19(29-35-15)28-23(31)20-18-11-12-26(34-18)14-30(25(33)21(20)26)22(16-7-3-2-4-8-16)24(32)27-17-9-5-6-10-17/h2-4,7-8,11-13,17-18,20-22H,5-6,9-10,14H2,1H3,(H,27,32)(H,28,29,31)/t18-,20-,21+,22+,26+/m1/s1. The molecule has 1 saturated carbocycles. The van der Waals surface area contributed by atoms with Gasteiger partial charge in [0, 0.05) is 12.1 Å². The van der Waals surface area contributed by atoms with E-state index in [9.17, 15) is 14.4 Å². The summed E-state index contributed by atoms with van der Waals surface area (Å²) in [6.07, 6.45) is 7.33. The highest BCUT2D eigenvalue weighted by Gasteiger charge is 2.68. The molecule has 2 N–H and O–H groups in total. The molecular formula is C26H28N4O5. The second-order valence-electron chi connectivity index (χ2n) is 9.98. The van der Waals surface area contributed by atoms with E-state index in [0.29, 0.717) is 11.6 Å². The Morgan fingerprint density at radius 3 is 2.69 bits per heavy atom. The Morgan fingerprint density at radius 1 is 1.20 bits per heavy atom.